The molecule has 3 aromatic carbocycles. The van der Waals surface area contributed by atoms with Crippen molar-refractivity contribution in [3.63, 3.8) is 0 Å². The van der Waals surface area contributed by atoms with E-state index in [9.17, 15) is 30.4 Å². The summed E-state index contributed by atoms with van der Waals surface area (Å²) in [5, 5.41) is 3.87. The summed E-state index contributed by atoms with van der Waals surface area (Å²) in [4.78, 5) is 29.2. The van der Waals surface area contributed by atoms with Crippen LogP contribution in [0.3, 0.4) is 0 Å². The Labute approximate surface area is 356 Å². The van der Waals surface area contributed by atoms with Crippen molar-refractivity contribution in [2.24, 2.45) is 0 Å². The van der Waals surface area contributed by atoms with Gasteiger partial charge in [-0.05, 0) is 62.6 Å². The number of nitrogens with zero attached hydrogens (tertiary/aromatic N) is 7. The van der Waals surface area contributed by atoms with Crippen LogP contribution in [0.1, 0.15) is 32.3 Å². The molecule has 2 aliphatic rings. The first-order valence-corrected chi connectivity index (χ1v) is 23.3. The highest BCUT2D eigenvalue weighted by Gasteiger charge is 2.36. The van der Waals surface area contributed by atoms with E-state index in [0.29, 0.717) is 41.6 Å². The number of sulfonamides is 1. The number of rotatable bonds is 14. The Hall–Kier alpha value is -5.35. The van der Waals surface area contributed by atoms with Gasteiger partial charge in [-0.2, -0.15) is 17.0 Å². The number of hydrogen-bond donors (Lipinski definition) is 2. The van der Waals surface area contributed by atoms with Gasteiger partial charge < -0.3 is 19.9 Å². The number of nitrogens with one attached hydrogen (secondary N) is 2. The number of amides is 1. The zero-order valence-electron chi connectivity index (χ0n) is 33.3. The molecule has 0 bridgehead atoms. The van der Waals surface area contributed by atoms with Gasteiger partial charge in [0.15, 0.2) is 15.8 Å². The fourth-order valence-electron chi connectivity index (χ4n) is 7.07. The first kappa shape index (κ1) is 43.7. The molecule has 324 valence electrons. The number of benzene rings is 3. The van der Waals surface area contributed by atoms with Crippen LogP contribution in [-0.2, 0) is 31.6 Å². The first-order chi connectivity index (χ1) is 29.3. The van der Waals surface area contributed by atoms with E-state index in [1.165, 1.54) is 43.2 Å². The SMILES string of the molecule is CCN(CC)c1nc(-c2cccc(NS(=O)(=O)c3c(F)cccc3F)c2F)c(-c2ccnc(NC3CCN(S(=O)(=O)N4CCN(C(=O)OCc5ccccc5)CC4)CC3)n2)s1. The molecule has 0 saturated carbocycles. The van der Waals surface area contributed by atoms with Gasteiger partial charge in [0.1, 0.15) is 18.2 Å². The van der Waals surface area contributed by atoms with E-state index in [-0.39, 0.29) is 69.1 Å². The minimum Gasteiger partial charge on any atom is -0.445 e. The normalized spacial score (nSPS) is 15.7. The topological polar surface area (TPSA) is 170 Å². The minimum atomic E-state index is -4.88. The first-order valence-electron chi connectivity index (χ1n) is 19.6. The molecule has 2 N–H and O–H groups in total. The third kappa shape index (κ3) is 9.75. The largest absolute Gasteiger partial charge is 0.445 e. The van der Waals surface area contributed by atoms with Gasteiger partial charge in [0.25, 0.3) is 20.2 Å². The number of ether oxygens (including phenoxy) is 1. The average Bonchev–Trinajstić information content (AvgIpc) is 3.69. The molecule has 0 radical (unpaired) electrons. The number of piperazine rings is 1. The fourth-order valence-corrected chi connectivity index (χ4v) is 11.1. The molecule has 5 aromatic rings. The molecule has 2 fully saturated rings. The number of piperidine rings is 1. The summed E-state index contributed by atoms with van der Waals surface area (Å²) in [6.45, 7) is 6.40. The van der Waals surface area contributed by atoms with E-state index in [1.807, 2.05) is 53.8 Å². The van der Waals surface area contributed by atoms with Crippen LogP contribution in [-0.4, -0.2) is 110 Å². The standard InChI is InChI=1S/C40H44F3N9O6S3/c1-3-49(4-2)39-47-35(29-12-8-15-32(34(29)43)48-60(54,55)37-30(41)13-9-14-31(37)42)36(59-39)33-16-19-44-38(46-33)45-28-17-20-51(21-18-28)61(56,57)52-24-22-50(23-25-52)40(53)58-26-27-10-6-5-7-11-27/h5-16,19,28,48H,3-4,17-18,20-26H2,1-2H3,(H,44,45,46). The van der Waals surface area contributed by atoms with Gasteiger partial charge in [-0.1, -0.05) is 53.8 Å². The molecule has 2 saturated heterocycles. The predicted molar refractivity (Wildman–Crippen MR) is 226 cm³/mol. The van der Waals surface area contributed by atoms with E-state index >= 15 is 4.39 Å². The van der Waals surface area contributed by atoms with Crippen LogP contribution >= 0.6 is 11.3 Å². The molecular formula is C40H44F3N9O6S3. The average molecular weight is 900 g/mol. The number of aromatic nitrogens is 3. The Morgan fingerprint density at radius 2 is 1.49 bits per heavy atom. The second kappa shape index (κ2) is 18.7. The van der Waals surface area contributed by atoms with Gasteiger partial charge in [0.2, 0.25) is 5.95 Å². The molecular weight excluding hydrogens is 856 g/mol. The zero-order chi connectivity index (χ0) is 43.3. The van der Waals surface area contributed by atoms with Crippen molar-refractivity contribution in [1.29, 1.82) is 0 Å². The van der Waals surface area contributed by atoms with E-state index in [1.54, 1.807) is 6.07 Å². The highest BCUT2D eigenvalue weighted by Crippen LogP contribution is 2.42. The van der Waals surface area contributed by atoms with Gasteiger partial charge in [0, 0.05) is 70.2 Å². The molecule has 0 unspecified atom stereocenters. The number of thiazole rings is 1. The van der Waals surface area contributed by atoms with Crippen molar-refractivity contribution in [2.45, 2.75) is 44.2 Å². The predicted octanol–water partition coefficient (Wildman–Crippen LogP) is 6.41. The maximum atomic E-state index is 16.4. The van der Waals surface area contributed by atoms with E-state index < -0.39 is 54.4 Å². The lowest BCUT2D eigenvalue weighted by molar-refractivity contribution is 0.0828. The Balaban J connectivity index is 1.03. The Kier molecular flexibility index (Phi) is 13.4. The third-order valence-corrected chi connectivity index (χ3v) is 15.0. The van der Waals surface area contributed by atoms with Crippen molar-refractivity contribution in [3.8, 4) is 21.8 Å². The quantitative estimate of drug-likeness (QED) is 0.126. The second-order valence-electron chi connectivity index (χ2n) is 14.2. The highest BCUT2D eigenvalue weighted by atomic mass is 32.2. The summed E-state index contributed by atoms with van der Waals surface area (Å²) in [5.41, 5.74) is 0.799. The van der Waals surface area contributed by atoms with Crippen LogP contribution in [0.25, 0.3) is 21.8 Å². The van der Waals surface area contributed by atoms with Crippen LogP contribution in [0, 0.1) is 17.5 Å². The van der Waals surface area contributed by atoms with Crippen molar-refractivity contribution >= 4 is 54.4 Å². The molecule has 2 aromatic heterocycles. The third-order valence-electron chi connectivity index (χ3n) is 10.4. The number of carbonyl (C=O) groups is 1. The Morgan fingerprint density at radius 1 is 0.836 bits per heavy atom. The van der Waals surface area contributed by atoms with Gasteiger partial charge in [-0.3, -0.25) is 4.72 Å². The van der Waals surface area contributed by atoms with Crippen LogP contribution in [0.4, 0.5) is 34.7 Å². The van der Waals surface area contributed by atoms with Gasteiger partial charge in [-0.15, -0.1) is 0 Å². The highest BCUT2D eigenvalue weighted by molar-refractivity contribution is 7.92. The summed E-state index contributed by atoms with van der Waals surface area (Å²) in [6.07, 6.45) is 1.97. The fraction of sp³-hybridized carbons (Fsp3) is 0.350. The van der Waals surface area contributed by atoms with Crippen LogP contribution in [0.15, 0.2) is 83.9 Å². The van der Waals surface area contributed by atoms with Crippen molar-refractivity contribution in [3.05, 3.63) is 102 Å². The van der Waals surface area contributed by atoms with Crippen molar-refractivity contribution < 1.29 is 39.5 Å². The Bertz CT molecular complexity index is 2550. The number of anilines is 3. The van der Waals surface area contributed by atoms with Crippen LogP contribution in [0.5, 0.6) is 0 Å². The molecule has 15 nitrogen and oxygen atoms in total. The molecule has 0 aliphatic carbocycles. The molecule has 7 rings (SSSR count). The van der Waals surface area contributed by atoms with Gasteiger partial charge >= 0.3 is 6.09 Å². The lowest BCUT2D eigenvalue weighted by Gasteiger charge is -2.38. The van der Waals surface area contributed by atoms with Crippen LogP contribution in [0.2, 0.25) is 0 Å². The summed E-state index contributed by atoms with van der Waals surface area (Å²) < 4.78 is 109. The van der Waals surface area contributed by atoms with Crippen molar-refractivity contribution in [2.75, 3.05) is 67.3 Å². The number of halogens is 3. The van der Waals surface area contributed by atoms with Gasteiger partial charge in [0.05, 0.1) is 22.0 Å². The minimum absolute atomic E-state index is 0.0787. The molecule has 61 heavy (non-hydrogen) atoms. The molecule has 2 aliphatic heterocycles. The monoisotopic (exact) mass is 899 g/mol. The lowest BCUT2D eigenvalue weighted by Crippen LogP contribution is -2.55. The second-order valence-corrected chi connectivity index (χ2v) is 18.7. The maximum Gasteiger partial charge on any atom is 0.410 e. The van der Waals surface area contributed by atoms with Crippen molar-refractivity contribution in [1.82, 2.24) is 28.5 Å². The van der Waals surface area contributed by atoms with E-state index in [4.69, 9.17) is 14.7 Å². The summed E-state index contributed by atoms with van der Waals surface area (Å²) in [7, 11) is -8.66. The molecule has 1 amide bonds. The molecule has 21 heteroatoms. The van der Waals surface area contributed by atoms with E-state index in [0.717, 1.165) is 29.8 Å². The van der Waals surface area contributed by atoms with Gasteiger partial charge in [-0.25, -0.2) is 41.3 Å². The molecule has 0 atom stereocenters. The summed E-state index contributed by atoms with van der Waals surface area (Å²) in [5.74, 6) is -3.42. The Morgan fingerprint density at radius 3 is 2.16 bits per heavy atom. The maximum absolute atomic E-state index is 16.4. The summed E-state index contributed by atoms with van der Waals surface area (Å²) >= 11 is 1.25. The summed E-state index contributed by atoms with van der Waals surface area (Å²) in [6, 6.07) is 17.3. The number of hydrogen-bond acceptors (Lipinski definition) is 12. The molecule has 0 spiro atoms. The zero-order valence-corrected chi connectivity index (χ0v) is 35.7. The smallest absolute Gasteiger partial charge is 0.410 e. The lowest BCUT2D eigenvalue weighted by atomic mass is 10.1. The van der Waals surface area contributed by atoms with E-state index in [2.05, 4.69) is 10.3 Å². The molecule has 4 heterocycles. The van der Waals surface area contributed by atoms with Crippen LogP contribution < -0.4 is 14.9 Å². The number of carbonyl (C=O) groups excluding carboxylic acids is 1.